The van der Waals surface area contributed by atoms with Crippen molar-refractivity contribution in [3.05, 3.63) is 29.8 Å². The SMILES string of the molecule is Cc1cccc(NC(=O)N2C(C)CCCC2CN)c1. The lowest BCUT2D eigenvalue weighted by molar-refractivity contribution is 0.128. The molecule has 0 radical (unpaired) electrons. The van der Waals surface area contributed by atoms with Gasteiger partial charge >= 0.3 is 6.03 Å². The number of anilines is 1. The minimum Gasteiger partial charge on any atom is -0.328 e. The van der Waals surface area contributed by atoms with E-state index >= 15 is 0 Å². The number of nitrogens with two attached hydrogens (primary N) is 1. The normalized spacial score (nSPS) is 23.2. The summed E-state index contributed by atoms with van der Waals surface area (Å²) in [6.45, 7) is 4.64. The molecular formula is C15H23N3O. The van der Waals surface area contributed by atoms with Crippen LogP contribution in [0.3, 0.4) is 0 Å². The molecule has 2 amide bonds. The largest absolute Gasteiger partial charge is 0.328 e. The zero-order valence-electron chi connectivity index (χ0n) is 11.7. The highest BCUT2D eigenvalue weighted by atomic mass is 16.2. The van der Waals surface area contributed by atoms with Crippen molar-refractivity contribution < 1.29 is 4.79 Å². The Kier molecular flexibility index (Phi) is 4.43. The van der Waals surface area contributed by atoms with Crippen LogP contribution in [0, 0.1) is 6.92 Å². The van der Waals surface area contributed by atoms with Crippen molar-refractivity contribution >= 4 is 11.7 Å². The van der Waals surface area contributed by atoms with Crippen LogP contribution >= 0.6 is 0 Å². The number of aryl methyl sites for hydroxylation is 1. The number of hydrogen-bond donors (Lipinski definition) is 2. The molecule has 2 atom stereocenters. The molecule has 4 heteroatoms. The maximum absolute atomic E-state index is 12.4. The van der Waals surface area contributed by atoms with Gasteiger partial charge in [0.1, 0.15) is 0 Å². The first-order valence-corrected chi connectivity index (χ1v) is 6.98. The van der Waals surface area contributed by atoms with Crippen molar-refractivity contribution in [1.29, 1.82) is 0 Å². The quantitative estimate of drug-likeness (QED) is 0.860. The molecule has 1 heterocycles. The number of nitrogens with zero attached hydrogens (tertiary/aromatic N) is 1. The van der Waals surface area contributed by atoms with Crippen LogP contribution in [0.5, 0.6) is 0 Å². The average molecular weight is 261 g/mol. The van der Waals surface area contributed by atoms with Crippen molar-refractivity contribution in [3.8, 4) is 0 Å². The number of amides is 2. The predicted molar refractivity (Wildman–Crippen MR) is 78.2 cm³/mol. The van der Waals surface area contributed by atoms with Gasteiger partial charge in [-0.2, -0.15) is 0 Å². The lowest BCUT2D eigenvalue weighted by Crippen LogP contribution is -2.53. The Hall–Kier alpha value is -1.55. The number of rotatable bonds is 2. The molecule has 1 fully saturated rings. The van der Waals surface area contributed by atoms with Gasteiger partial charge in [-0.15, -0.1) is 0 Å². The minimum atomic E-state index is -0.0340. The maximum Gasteiger partial charge on any atom is 0.322 e. The lowest BCUT2D eigenvalue weighted by Gasteiger charge is -2.40. The molecule has 104 valence electrons. The first kappa shape index (κ1) is 13.9. The second kappa shape index (κ2) is 6.06. The van der Waals surface area contributed by atoms with E-state index < -0.39 is 0 Å². The Bertz CT molecular complexity index is 447. The highest BCUT2D eigenvalue weighted by Gasteiger charge is 2.30. The summed E-state index contributed by atoms with van der Waals surface area (Å²) in [5.74, 6) is 0. The first-order valence-electron chi connectivity index (χ1n) is 6.98. The molecule has 0 bridgehead atoms. The molecule has 19 heavy (non-hydrogen) atoms. The van der Waals surface area contributed by atoms with Gasteiger partial charge in [-0.05, 0) is 50.8 Å². The van der Waals surface area contributed by atoms with E-state index in [1.54, 1.807) is 0 Å². The highest BCUT2D eigenvalue weighted by molar-refractivity contribution is 5.89. The lowest BCUT2D eigenvalue weighted by atomic mass is 9.97. The molecule has 1 aliphatic rings. The van der Waals surface area contributed by atoms with Crippen LogP contribution in [0.4, 0.5) is 10.5 Å². The van der Waals surface area contributed by atoms with Gasteiger partial charge in [0.05, 0.1) is 0 Å². The van der Waals surface area contributed by atoms with Crippen LogP contribution in [-0.2, 0) is 0 Å². The highest BCUT2D eigenvalue weighted by Crippen LogP contribution is 2.23. The van der Waals surface area contributed by atoms with Crippen molar-refractivity contribution in [2.75, 3.05) is 11.9 Å². The molecule has 1 saturated heterocycles. The number of likely N-dealkylation sites (tertiary alicyclic amines) is 1. The van der Waals surface area contributed by atoms with Crippen molar-refractivity contribution in [2.45, 2.75) is 45.2 Å². The fourth-order valence-electron chi connectivity index (χ4n) is 2.80. The zero-order chi connectivity index (χ0) is 13.8. The number of urea groups is 1. The molecule has 0 saturated carbocycles. The third kappa shape index (κ3) is 3.26. The van der Waals surface area contributed by atoms with E-state index in [2.05, 4.69) is 12.2 Å². The molecule has 0 aliphatic carbocycles. The molecule has 2 unspecified atom stereocenters. The van der Waals surface area contributed by atoms with E-state index in [0.29, 0.717) is 6.54 Å². The number of benzene rings is 1. The third-order valence-electron chi connectivity index (χ3n) is 3.80. The molecule has 1 aliphatic heterocycles. The standard InChI is InChI=1S/C15H23N3O/c1-11-5-3-7-13(9-11)17-15(19)18-12(2)6-4-8-14(18)10-16/h3,5,7,9,12,14H,4,6,8,10,16H2,1-2H3,(H,17,19). The average Bonchev–Trinajstić information content (AvgIpc) is 2.38. The molecule has 2 rings (SSSR count). The summed E-state index contributed by atoms with van der Waals surface area (Å²) in [5.41, 5.74) is 7.77. The maximum atomic E-state index is 12.4. The Labute approximate surface area is 115 Å². The summed E-state index contributed by atoms with van der Waals surface area (Å²) in [7, 11) is 0. The molecule has 3 N–H and O–H groups in total. The Morgan fingerprint density at radius 1 is 1.47 bits per heavy atom. The fourth-order valence-corrected chi connectivity index (χ4v) is 2.80. The molecule has 0 spiro atoms. The molecule has 1 aromatic rings. The van der Waals surface area contributed by atoms with Gasteiger partial charge in [0.15, 0.2) is 0 Å². The number of carbonyl (C=O) groups is 1. The van der Waals surface area contributed by atoms with Crippen LogP contribution in [0.25, 0.3) is 0 Å². The smallest absolute Gasteiger partial charge is 0.322 e. The summed E-state index contributed by atoms with van der Waals surface area (Å²) >= 11 is 0. The van der Waals surface area contributed by atoms with Crippen LogP contribution < -0.4 is 11.1 Å². The van der Waals surface area contributed by atoms with Crippen LogP contribution in [0.1, 0.15) is 31.7 Å². The number of carbonyl (C=O) groups excluding carboxylic acids is 1. The second-order valence-corrected chi connectivity index (χ2v) is 5.38. The van der Waals surface area contributed by atoms with E-state index in [4.69, 9.17) is 5.73 Å². The number of nitrogens with one attached hydrogen (secondary N) is 1. The van der Waals surface area contributed by atoms with E-state index in [1.807, 2.05) is 36.1 Å². The summed E-state index contributed by atoms with van der Waals surface area (Å²) < 4.78 is 0. The van der Waals surface area contributed by atoms with E-state index in [-0.39, 0.29) is 18.1 Å². The van der Waals surface area contributed by atoms with Gasteiger partial charge in [-0.3, -0.25) is 0 Å². The van der Waals surface area contributed by atoms with Gasteiger partial charge in [0, 0.05) is 24.3 Å². The molecular weight excluding hydrogens is 238 g/mol. The summed E-state index contributed by atoms with van der Waals surface area (Å²) in [5, 5.41) is 2.98. The summed E-state index contributed by atoms with van der Waals surface area (Å²) in [6.07, 6.45) is 3.21. The van der Waals surface area contributed by atoms with Gasteiger partial charge in [0.25, 0.3) is 0 Å². The van der Waals surface area contributed by atoms with E-state index in [9.17, 15) is 4.79 Å². The van der Waals surface area contributed by atoms with Crippen molar-refractivity contribution in [1.82, 2.24) is 4.90 Å². The number of hydrogen-bond acceptors (Lipinski definition) is 2. The Balaban J connectivity index is 2.09. The zero-order valence-corrected chi connectivity index (χ0v) is 11.7. The molecule has 0 aromatic heterocycles. The fraction of sp³-hybridized carbons (Fsp3) is 0.533. The van der Waals surface area contributed by atoms with E-state index in [0.717, 1.165) is 30.5 Å². The van der Waals surface area contributed by atoms with Gasteiger partial charge in [0.2, 0.25) is 0 Å². The van der Waals surface area contributed by atoms with Crippen LogP contribution in [0.15, 0.2) is 24.3 Å². The van der Waals surface area contributed by atoms with Crippen LogP contribution in [0.2, 0.25) is 0 Å². The Morgan fingerprint density at radius 2 is 2.26 bits per heavy atom. The van der Waals surface area contributed by atoms with Crippen molar-refractivity contribution in [3.63, 3.8) is 0 Å². The van der Waals surface area contributed by atoms with Crippen molar-refractivity contribution in [2.24, 2.45) is 5.73 Å². The monoisotopic (exact) mass is 261 g/mol. The molecule has 1 aromatic carbocycles. The number of piperidine rings is 1. The summed E-state index contributed by atoms with van der Waals surface area (Å²) in [6, 6.07) is 8.24. The van der Waals surface area contributed by atoms with Gasteiger partial charge < -0.3 is 16.0 Å². The molecule has 4 nitrogen and oxygen atoms in total. The Morgan fingerprint density at radius 3 is 2.95 bits per heavy atom. The van der Waals surface area contributed by atoms with E-state index in [1.165, 1.54) is 0 Å². The van der Waals surface area contributed by atoms with Crippen LogP contribution in [-0.4, -0.2) is 29.6 Å². The minimum absolute atomic E-state index is 0.0340. The second-order valence-electron chi connectivity index (χ2n) is 5.38. The topological polar surface area (TPSA) is 58.4 Å². The third-order valence-corrected chi connectivity index (χ3v) is 3.80. The summed E-state index contributed by atoms with van der Waals surface area (Å²) in [4.78, 5) is 14.3. The van der Waals surface area contributed by atoms with Gasteiger partial charge in [-0.1, -0.05) is 12.1 Å². The van der Waals surface area contributed by atoms with Gasteiger partial charge in [-0.25, -0.2) is 4.79 Å². The first-order chi connectivity index (χ1) is 9.11. The predicted octanol–water partition coefficient (Wildman–Crippen LogP) is 2.73.